The summed E-state index contributed by atoms with van der Waals surface area (Å²) in [6.45, 7) is 16.0. The maximum Gasteiger partial charge on any atom is 0.254 e. The third kappa shape index (κ3) is 5.74. The molecule has 5 rings (SSSR count). The first-order valence-electron chi connectivity index (χ1n) is 15.1. The fourth-order valence-electron chi connectivity index (χ4n) is 6.10. The van der Waals surface area contributed by atoms with E-state index in [1.807, 2.05) is 23.1 Å². The van der Waals surface area contributed by atoms with Crippen LogP contribution in [0.4, 0.5) is 5.69 Å². The SMILES string of the molecule is CCN(CC)c1ccc2c(-c3ccccc3C(=O)N3CCN(CCO)CC3)c3ccc(=[N+](CC)CC)cc-3oc2c1. The normalized spacial score (nSPS) is 14.1. The Morgan fingerprint density at radius 2 is 1.63 bits per heavy atom. The average molecular weight is 556 g/mol. The average Bonchev–Trinajstić information content (AvgIpc) is 3.01. The summed E-state index contributed by atoms with van der Waals surface area (Å²) in [7, 11) is 0. The lowest BCUT2D eigenvalue weighted by molar-refractivity contribution is 0.0615. The lowest BCUT2D eigenvalue weighted by atomic mass is 9.90. The van der Waals surface area contributed by atoms with E-state index in [2.05, 4.69) is 84.5 Å². The van der Waals surface area contributed by atoms with Crippen molar-refractivity contribution in [2.75, 3.05) is 70.4 Å². The van der Waals surface area contributed by atoms with E-state index >= 15 is 0 Å². The van der Waals surface area contributed by atoms with Gasteiger partial charge in [0.1, 0.15) is 24.4 Å². The molecule has 41 heavy (non-hydrogen) atoms. The highest BCUT2D eigenvalue weighted by Crippen LogP contribution is 2.42. The molecule has 2 heterocycles. The van der Waals surface area contributed by atoms with Crippen LogP contribution in [0.15, 0.2) is 65.1 Å². The minimum atomic E-state index is 0.0471. The van der Waals surface area contributed by atoms with Crippen LogP contribution in [-0.4, -0.2) is 86.3 Å². The van der Waals surface area contributed by atoms with Crippen molar-refractivity contribution in [1.82, 2.24) is 14.4 Å². The number of carbonyl (C=O) groups excluding carboxylic acids is 1. The second kappa shape index (κ2) is 12.9. The summed E-state index contributed by atoms with van der Waals surface area (Å²) in [5.74, 6) is 0.860. The predicted molar refractivity (Wildman–Crippen MR) is 168 cm³/mol. The zero-order chi connectivity index (χ0) is 28.9. The van der Waals surface area contributed by atoms with E-state index in [9.17, 15) is 9.90 Å². The van der Waals surface area contributed by atoms with Crippen LogP contribution in [-0.2, 0) is 0 Å². The van der Waals surface area contributed by atoms with Crippen molar-refractivity contribution in [3.63, 3.8) is 0 Å². The van der Waals surface area contributed by atoms with Crippen LogP contribution >= 0.6 is 0 Å². The number of rotatable bonds is 9. The molecule has 1 saturated heterocycles. The van der Waals surface area contributed by atoms with Crippen molar-refractivity contribution < 1.29 is 14.3 Å². The van der Waals surface area contributed by atoms with Gasteiger partial charge in [-0.2, -0.15) is 0 Å². The van der Waals surface area contributed by atoms with Crippen LogP contribution in [0, 0.1) is 0 Å². The first-order valence-corrected chi connectivity index (χ1v) is 15.1. The summed E-state index contributed by atoms with van der Waals surface area (Å²) in [6, 6.07) is 20.9. The molecule has 2 aliphatic heterocycles. The van der Waals surface area contributed by atoms with Crippen LogP contribution in [0.2, 0.25) is 0 Å². The van der Waals surface area contributed by atoms with Gasteiger partial charge < -0.3 is 19.3 Å². The van der Waals surface area contributed by atoms with Crippen molar-refractivity contribution >= 4 is 22.6 Å². The molecule has 0 aromatic heterocycles. The highest BCUT2D eigenvalue weighted by atomic mass is 16.3. The highest BCUT2D eigenvalue weighted by Gasteiger charge is 2.27. The Hall–Kier alpha value is -3.68. The Balaban J connectivity index is 1.70. The number of piperazine rings is 1. The third-order valence-corrected chi connectivity index (χ3v) is 8.45. The smallest absolute Gasteiger partial charge is 0.254 e. The molecule has 216 valence electrons. The van der Waals surface area contributed by atoms with E-state index in [0.717, 1.165) is 83.7 Å². The Bertz CT molecular complexity index is 1540. The number of amides is 1. The van der Waals surface area contributed by atoms with Gasteiger partial charge in [0.15, 0.2) is 0 Å². The van der Waals surface area contributed by atoms with Crippen LogP contribution in [0.5, 0.6) is 0 Å². The van der Waals surface area contributed by atoms with Gasteiger partial charge in [-0.05, 0) is 57.5 Å². The van der Waals surface area contributed by atoms with Gasteiger partial charge in [0, 0.05) is 85.7 Å². The van der Waals surface area contributed by atoms with E-state index in [1.165, 1.54) is 0 Å². The zero-order valence-electron chi connectivity index (χ0n) is 24.9. The molecule has 0 atom stereocenters. The molecule has 0 radical (unpaired) electrons. The van der Waals surface area contributed by atoms with Gasteiger partial charge in [0.2, 0.25) is 5.36 Å². The number of β-amino-alcohol motifs (C(OH)–C–C–N with tert-alkyl or cyclic N) is 1. The number of carbonyl (C=O) groups is 1. The van der Waals surface area contributed by atoms with Crippen LogP contribution in [0.25, 0.3) is 33.4 Å². The molecular weight excluding hydrogens is 512 g/mol. The van der Waals surface area contributed by atoms with E-state index in [0.29, 0.717) is 25.2 Å². The molecule has 0 spiro atoms. The number of fused-ring (bicyclic) bond motifs is 2. The first-order chi connectivity index (χ1) is 20.0. The Kier molecular flexibility index (Phi) is 9.06. The summed E-state index contributed by atoms with van der Waals surface area (Å²) < 4.78 is 8.96. The maximum atomic E-state index is 14.0. The highest BCUT2D eigenvalue weighted by molar-refractivity contribution is 6.09. The van der Waals surface area contributed by atoms with E-state index in [1.54, 1.807) is 0 Å². The molecule has 7 nitrogen and oxygen atoms in total. The van der Waals surface area contributed by atoms with E-state index in [-0.39, 0.29) is 12.5 Å². The number of benzene rings is 3. The molecule has 2 aromatic carbocycles. The quantitative estimate of drug-likeness (QED) is 0.241. The van der Waals surface area contributed by atoms with Crippen molar-refractivity contribution in [1.29, 1.82) is 0 Å². The molecule has 0 saturated carbocycles. The van der Waals surface area contributed by atoms with Gasteiger partial charge in [0.05, 0.1) is 12.7 Å². The maximum absolute atomic E-state index is 14.0. The van der Waals surface area contributed by atoms with Gasteiger partial charge in [-0.1, -0.05) is 18.2 Å². The molecule has 1 N–H and O–H groups in total. The monoisotopic (exact) mass is 555 g/mol. The minimum Gasteiger partial charge on any atom is -0.456 e. The molecule has 1 amide bonds. The van der Waals surface area contributed by atoms with Gasteiger partial charge in [0.25, 0.3) is 5.91 Å². The number of aliphatic hydroxyl groups excluding tert-OH is 1. The second-order valence-corrected chi connectivity index (χ2v) is 10.6. The fourth-order valence-corrected chi connectivity index (χ4v) is 6.10. The number of aliphatic hydroxyl groups is 1. The molecular formula is C34H43N4O3+. The van der Waals surface area contributed by atoms with Gasteiger partial charge >= 0.3 is 0 Å². The molecule has 3 aliphatic rings. The summed E-state index contributed by atoms with van der Waals surface area (Å²) in [5.41, 5.74) is 5.60. The van der Waals surface area contributed by atoms with Crippen molar-refractivity contribution in [3.05, 3.63) is 71.6 Å². The van der Waals surface area contributed by atoms with Crippen LogP contribution in [0.3, 0.4) is 0 Å². The van der Waals surface area contributed by atoms with Gasteiger partial charge in [-0.15, -0.1) is 0 Å². The van der Waals surface area contributed by atoms with Gasteiger partial charge in [-0.25, -0.2) is 4.58 Å². The molecule has 0 unspecified atom stereocenters. The van der Waals surface area contributed by atoms with Crippen LogP contribution in [0.1, 0.15) is 38.1 Å². The molecule has 2 aromatic rings. The summed E-state index contributed by atoms with van der Waals surface area (Å²) in [5, 5.41) is 11.4. The number of hydrogen-bond donors (Lipinski definition) is 1. The fraction of sp³-hybridized carbons (Fsp3) is 0.412. The molecule has 7 heteroatoms. The molecule has 1 aliphatic carbocycles. The molecule has 0 bridgehead atoms. The van der Waals surface area contributed by atoms with E-state index in [4.69, 9.17) is 4.42 Å². The van der Waals surface area contributed by atoms with Gasteiger partial charge in [-0.3, -0.25) is 9.69 Å². The lowest BCUT2D eigenvalue weighted by Gasteiger charge is -2.34. The van der Waals surface area contributed by atoms with Crippen molar-refractivity contribution in [2.45, 2.75) is 27.7 Å². The number of hydrogen-bond acceptors (Lipinski definition) is 5. The topological polar surface area (TPSA) is 63.2 Å². The third-order valence-electron chi connectivity index (χ3n) is 8.45. The Labute approximate surface area is 243 Å². The van der Waals surface area contributed by atoms with Crippen LogP contribution < -0.4 is 14.8 Å². The summed E-state index contributed by atoms with van der Waals surface area (Å²) in [6.07, 6.45) is 0. The first kappa shape index (κ1) is 28.8. The Morgan fingerprint density at radius 3 is 2.32 bits per heavy atom. The van der Waals surface area contributed by atoms with Crippen molar-refractivity contribution in [3.8, 4) is 22.5 Å². The minimum absolute atomic E-state index is 0.0471. The summed E-state index contributed by atoms with van der Waals surface area (Å²) in [4.78, 5) is 20.5. The largest absolute Gasteiger partial charge is 0.456 e. The molecule has 1 fully saturated rings. The van der Waals surface area contributed by atoms with E-state index < -0.39 is 0 Å². The lowest BCUT2D eigenvalue weighted by Crippen LogP contribution is -2.49. The predicted octanol–water partition coefficient (Wildman–Crippen LogP) is 4.61. The second-order valence-electron chi connectivity index (χ2n) is 10.6. The van der Waals surface area contributed by atoms with Crippen molar-refractivity contribution in [2.24, 2.45) is 0 Å². The number of nitrogens with zero attached hydrogens (tertiary/aromatic N) is 4. The Morgan fingerprint density at radius 1 is 0.902 bits per heavy atom. The number of anilines is 1. The zero-order valence-corrected chi connectivity index (χ0v) is 24.9. The summed E-state index contributed by atoms with van der Waals surface area (Å²) >= 11 is 0. The standard InChI is InChI=1S/C34H43N4O3/c1-5-36(6-2)25-13-15-29-31(23-25)41-32-24-26(37(7-3)8-4)14-16-30(32)33(29)27-11-9-10-12-28(27)34(40)38-19-17-35(18-20-38)21-22-39/h9-16,23-24,39H,5-8,17-22H2,1-4H3/q+1.